The van der Waals surface area contributed by atoms with Gasteiger partial charge < -0.3 is 9.84 Å². The molecule has 0 spiro atoms. The van der Waals surface area contributed by atoms with Crippen LogP contribution in [0.25, 0.3) is 0 Å². The smallest absolute Gasteiger partial charge is 0.325 e. The monoisotopic (exact) mass is 495 g/mol. The van der Waals surface area contributed by atoms with Crippen molar-refractivity contribution >= 4 is 17.7 Å². The van der Waals surface area contributed by atoms with Gasteiger partial charge in [-0.15, -0.1) is 0 Å². The number of likely N-dealkylation sites (N-methyl/N-ethyl adjacent to an activating group) is 1. The molecule has 6 heteroatoms. The Bertz CT molecular complexity index is 618. The van der Waals surface area contributed by atoms with E-state index in [1.54, 1.807) is 18.9 Å². The summed E-state index contributed by atoms with van der Waals surface area (Å²) in [6.45, 7) is 5.80. The molecule has 0 amide bonds. The van der Waals surface area contributed by atoms with Crippen LogP contribution in [0.2, 0.25) is 0 Å². The lowest BCUT2D eigenvalue weighted by Gasteiger charge is -2.39. The summed E-state index contributed by atoms with van der Waals surface area (Å²) in [5, 5.41) is 8.92. The van der Waals surface area contributed by atoms with Crippen molar-refractivity contribution in [1.82, 2.24) is 4.90 Å². The molecule has 2 unspecified atom stereocenters. The molecule has 2 atom stereocenters. The number of carboxylic acids is 1. The molecule has 1 N–H and O–H groups in total. The quantitative estimate of drug-likeness (QED) is 0.0924. The largest absolute Gasteiger partial charge is 0.481 e. The third-order valence-corrected chi connectivity index (χ3v) is 7.19. The first-order valence-corrected chi connectivity index (χ1v) is 13.9. The third-order valence-electron chi connectivity index (χ3n) is 7.19. The van der Waals surface area contributed by atoms with Gasteiger partial charge in [0.25, 0.3) is 0 Å². The van der Waals surface area contributed by atoms with Gasteiger partial charge in [0.05, 0.1) is 13.2 Å². The first-order valence-electron chi connectivity index (χ1n) is 13.9. The summed E-state index contributed by atoms with van der Waals surface area (Å²) >= 11 is 0. The average molecular weight is 496 g/mol. The second kappa shape index (κ2) is 20.5. The number of Topliss-reactive ketones (excluding diaryl/α,β-unsaturated/α-hetero) is 1. The third kappa shape index (κ3) is 15.1. The van der Waals surface area contributed by atoms with Crippen molar-refractivity contribution in [3.05, 3.63) is 12.2 Å². The molecule has 0 aromatic rings. The highest BCUT2D eigenvalue weighted by molar-refractivity contribution is 5.86. The number of aliphatic carboxylic acids is 1. The van der Waals surface area contributed by atoms with Gasteiger partial charge in [-0.1, -0.05) is 70.4 Å². The lowest BCUT2D eigenvalue weighted by atomic mass is 9.90. The molecule has 204 valence electrons. The lowest BCUT2D eigenvalue weighted by molar-refractivity contribution is -0.157. The highest BCUT2D eigenvalue weighted by Crippen LogP contribution is 2.26. The van der Waals surface area contributed by atoms with Crippen LogP contribution >= 0.6 is 0 Å². The fraction of sp³-hybridized carbons (Fsp3) is 0.828. The Kier molecular flexibility index (Phi) is 19.5. The van der Waals surface area contributed by atoms with E-state index in [1.807, 2.05) is 6.92 Å². The van der Waals surface area contributed by atoms with Gasteiger partial charge in [-0.3, -0.25) is 19.3 Å². The van der Waals surface area contributed by atoms with Gasteiger partial charge >= 0.3 is 11.9 Å². The minimum atomic E-state index is -1.03. The number of methoxy groups -OCH3 is 1. The van der Waals surface area contributed by atoms with Gasteiger partial charge in [0, 0.05) is 12.8 Å². The minimum Gasteiger partial charge on any atom is -0.481 e. The Labute approximate surface area is 214 Å². The zero-order valence-electron chi connectivity index (χ0n) is 23.3. The van der Waals surface area contributed by atoms with Gasteiger partial charge in [0.1, 0.15) is 11.3 Å². The number of unbranched alkanes of at least 4 members (excludes halogenated alkanes) is 11. The van der Waals surface area contributed by atoms with Crippen LogP contribution in [0, 0.1) is 0 Å². The van der Waals surface area contributed by atoms with E-state index in [1.165, 1.54) is 64.9 Å². The molecule has 6 nitrogen and oxygen atoms in total. The van der Waals surface area contributed by atoms with Crippen molar-refractivity contribution in [2.24, 2.45) is 0 Å². The van der Waals surface area contributed by atoms with Crippen LogP contribution in [0.3, 0.4) is 0 Å². The van der Waals surface area contributed by atoms with E-state index in [-0.39, 0.29) is 12.2 Å². The van der Waals surface area contributed by atoms with Crippen molar-refractivity contribution < 1.29 is 24.2 Å². The lowest BCUT2D eigenvalue weighted by Crippen LogP contribution is -2.56. The summed E-state index contributed by atoms with van der Waals surface area (Å²) in [5.74, 6) is -1.22. The molecule has 0 aromatic carbocycles. The maximum absolute atomic E-state index is 12.8. The van der Waals surface area contributed by atoms with Gasteiger partial charge in [-0.05, 0) is 65.8 Å². The summed E-state index contributed by atoms with van der Waals surface area (Å²) in [7, 11) is 3.07. The number of esters is 1. The van der Waals surface area contributed by atoms with Crippen molar-refractivity contribution in [3.8, 4) is 0 Å². The van der Waals surface area contributed by atoms with Crippen LogP contribution in [0.1, 0.15) is 130 Å². The molecule has 0 radical (unpaired) electrons. The second-order valence-electron chi connectivity index (χ2n) is 10.1. The predicted molar refractivity (Wildman–Crippen MR) is 144 cm³/mol. The van der Waals surface area contributed by atoms with Crippen LogP contribution in [0.15, 0.2) is 12.2 Å². The average Bonchev–Trinajstić information content (AvgIpc) is 2.84. The van der Waals surface area contributed by atoms with E-state index < -0.39 is 23.5 Å². The normalized spacial score (nSPS) is 14.2. The van der Waals surface area contributed by atoms with E-state index >= 15 is 0 Å². The van der Waals surface area contributed by atoms with Crippen molar-refractivity contribution in [3.63, 3.8) is 0 Å². The molecule has 0 fully saturated rings. The number of ketones is 1. The standard InChI is InChI=1S/C29H53NO5/c1-6-7-8-9-10-11-12-13-14-15-16-17-18-19-20-22-26(31)25(2)30(4)29(3,28(34)35-5)24-21-23-27(32)33/h13-14,25H,6-12,15-24H2,1-5H3,(H,32,33)/b14-13-. The number of nitrogens with zero attached hydrogens (tertiary/aromatic N) is 1. The Hall–Kier alpha value is -1.69. The summed E-state index contributed by atoms with van der Waals surface area (Å²) < 4.78 is 4.97. The molecule has 35 heavy (non-hydrogen) atoms. The molecule has 0 saturated heterocycles. The Morgan fingerprint density at radius 2 is 1.37 bits per heavy atom. The number of hydrogen-bond donors (Lipinski definition) is 1. The predicted octanol–water partition coefficient (Wildman–Crippen LogP) is 7.10. The highest BCUT2D eigenvalue weighted by atomic mass is 16.5. The molecule has 0 aliphatic rings. The van der Waals surface area contributed by atoms with Crippen LogP contribution in [0.5, 0.6) is 0 Å². The first-order chi connectivity index (χ1) is 16.7. The van der Waals surface area contributed by atoms with Gasteiger partial charge in [0.15, 0.2) is 0 Å². The SMILES string of the molecule is CCCCCCCC/C=C\CCCCCCCC(=O)C(C)N(C)C(C)(CCCC(=O)O)C(=O)OC. The zero-order valence-corrected chi connectivity index (χ0v) is 23.3. The van der Waals surface area contributed by atoms with Gasteiger partial charge in [-0.25, -0.2) is 0 Å². The van der Waals surface area contributed by atoms with Crippen molar-refractivity contribution in [2.75, 3.05) is 14.2 Å². The van der Waals surface area contributed by atoms with Crippen LogP contribution in [-0.4, -0.2) is 53.5 Å². The number of rotatable bonds is 23. The van der Waals surface area contributed by atoms with E-state index in [0.29, 0.717) is 19.3 Å². The summed E-state index contributed by atoms with van der Waals surface area (Å²) in [6, 6.07) is -0.430. The highest BCUT2D eigenvalue weighted by Gasteiger charge is 2.41. The second-order valence-corrected chi connectivity index (χ2v) is 10.1. The molecular weight excluding hydrogens is 442 g/mol. The van der Waals surface area contributed by atoms with Crippen LogP contribution in [-0.2, 0) is 19.1 Å². The molecule has 0 aromatic heterocycles. The van der Waals surface area contributed by atoms with E-state index in [4.69, 9.17) is 9.84 Å². The van der Waals surface area contributed by atoms with E-state index in [0.717, 1.165) is 25.7 Å². The molecule has 0 heterocycles. The van der Waals surface area contributed by atoms with Crippen LogP contribution < -0.4 is 0 Å². The molecule has 0 aliphatic carbocycles. The maximum Gasteiger partial charge on any atom is 0.325 e. The van der Waals surface area contributed by atoms with E-state index in [2.05, 4.69) is 19.1 Å². The summed E-state index contributed by atoms with van der Waals surface area (Å²) in [6.07, 6.45) is 21.7. The first kappa shape index (κ1) is 33.3. The van der Waals surface area contributed by atoms with Crippen molar-refractivity contribution in [2.45, 2.75) is 142 Å². The molecule has 0 rings (SSSR count). The molecule has 0 bridgehead atoms. The van der Waals surface area contributed by atoms with Gasteiger partial charge in [0.2, 0.25) is 0 Å². The topological polar surface area (TPSA) is 83.9 Å². The number of allylic oxidation sites excluding steroid dienone is 2. The summed E-state index contributed by atoms with van der Waals surface area (Å²) in [4.78, 5) is 37.8. The fourth-order valence-corrected chi connectivity index (χ4v) is 4.45. The Balaban J connectivity index is 4.12. The van der Waals surface area contributed by atoms with Crippen LogP contribution in [0.4, 0.5) is 0 Å². The Morgan fingerprint density at radius 1 is 0.857 bits per heavy atom. The molecular formula is C29H53NO5. The molecule has 0 saturated carbocycles. The number of ether oxygens (including phenoxy) is 1. The molecule has 0 aliphatic heterocycles. The fourth-order valence-electron chi connectivity index (χ4n) is 4.45. The Morgan fingerprint density at radius 3 is 1.89 bits per heavy atom. The van der Waals surface area contributed by atoms with Gasteiger partial charge in [-0.2, -0.15) is 0 Å². The summed E-state index contributed by atoms with van der Waals surface area (Å²) in [5.41, 5.74) is -1.03. The van der Waals surface area contributed by atoms with E-state index in [9.17, 15) is 14.4 Å². The maximum atomic E-state index is 12.8. The number of carbonyl (C=O) groups excluding carboxylic acids is 2. The van der Waals surface area contributed by atoms with Crippen molar-refractivity contribution in [1.29, 1.82) is 0 Å². The number of carbonyl (C=O) groups is 3. The minimum absolute atomic E-state index is 0.0162. The zero-order chi connectivity index (χ0) is 26.5. The number of hydrogen-bond acceptors (Lipinski definition) is 5. The number of carboxylic acid groups (broad SMARTS) is 1.